The Bertz CT molecular complexity index is 365. The molecule has 1 heterocycles. The molecule has 1 radical (unpaired) electrons. The Morgan fingerprint density at radius 3 is 2.33 bits per heavy atom. The van der Waals surface area contributed by atoms with Gasteiger partial charge < -0.3 is 18.7 Å². The molecule has 21 heavy (non-hydrogen) atoms. The second-order valence-electron chi connectivity index (χ2n) is 6.25. The highest BCUT2D eigenvalue weighted by atomic mass is 31.2. The molecule has 123 valence electrons. The summed E-state index contributed by atoms with van der Waals surface area (Å²) in [5.74, 6) is 0. The van der Waals surface area contributed by atoms with Crippen molar-refractivity contribution in [1.29, 1.82) is 0 Å². The van der Waals surface area contributed by atoms with Crippen molar-refractivity contribution >= 4 is 29.5 Å². The first-order valence-electron chi connectivity index (χ1n) is 7.46. The molecule has 1 saturated heterocycles. The highest BCUT2D eigenvalue weighted by molar-refractivity contribution is 7.69. The molecule has 0 spiro atoms. The Morgan fingerprint density at radius 2 is 1.90 bits per heavy atom. The van der Waals surface area contributed by atoms with E-state index in [1.165, 1.54) is 0 Å². The van der Waals surface area contributed by atoms with Crippen LogP contribution in [0.2, 0.25) is 0 Å². The lowest BCUT2D eigenvalue weighted by molar-refractivity contribution is -0.0415. The highest BCUT2D eigenvalue weighted by Crippen LogP contribution is 2.50. The van der Waals surface area contributed by atoms with Gasteiger partial charge >= 0.3 is 0 Å². The van der Waals surface area contributed by atoms with Crippen molar-refractivity contribution in [3.8, 4) is 0 Å². The average molecular weight is 335 g/mol. The zero-order valence-electron chi connectivity index (χ0n) is 14.1. The first kappa shape index (κ1) is 19.7. The van der Waals surface area contributed by atoms with Crippen LogP contribution in [0.3, 0.4) is 0 Å². The third kappa shape index (κ3) is 5.34. The summed E-state index contributed by atoms with van der Waals surface area (Å²) in [6.07, 6.45) is 4.08. The fourth-order valence-corrected chi connectivity index (χ4v) is 3.49. The maximum atomic E-state index is 6.38. The van der Waals surface area contributed by atoms with Gasteiger partial charge in [-0.1, -0.05) is 20.1 Å². The second-order valence-corrected chi connectivity index (χ2v) is 10.2. The van der Waals surface area contributed by atoms with Crippen LogP contribution in [0.15, 0.2) is 0 Å². The highest BCUT2D eigenvalue weighted by Gasteiger charge is 2.46. The largest absolute Gasteiger partial charge is 0.377 e. The van der Waals surface area contributed by atoms with Crippen molar-refractivity contribution in [3.63, 3.8) is 0 Å². The maximum Gasteiger partial charge on any atom is 0.180 e. The molecule has 0 bridgehead atoms. The van der Waals surface area contributed by atoms with E-state index in [9.17, 15) is 0 Å². The van der Waals surface area contributed by atoms with Crippen molar-refractivity contribution in [2.24, 2.45) is 0 Å². The van der Waals surface area contributed by atoms with Gasteiger partial charge in [0.15, 0.2) is 7.00 Å². The summed E-state index contributed by atoms with van der Waals surface area (Å²) < 4.78 is 23.8. The minimum absolute atomic E-state index is 0.0991. The fraction of sp³-hybridized carbons (Fsp3) is 0.929. The fourth-order valence-electron chi connectivity index (χ4n) is 2.13. The van der Waals surface area contributed by atoms with Gasteiger partial charge in [-0.3, -0.25) is 0 Å². The number of rotatable bonds is 8. The molecule has 4 nitrogen and oxygen atoms in total. The van der Waals surface area contributed by atoms with Crippen molar-refractivity contribution in [2.45, 2.75) is 63.8 Å². The van der Waals surface area contributed by atoms with E-state index in [-0.39, 0.29) is 30.4 Å². The van der Waals surface area contributed by atoms with Crippen molar-refractivity contribution < 1.29 is 18.7 Å². The summed E-state index contributed by atoms with van der Waals surface area (Å²) >= 11 is 0. The van der Waals surface area contributed by atoms with Gasteiger partial charge in [0.25, 0.3) is 0 Å². The second kappa shape index (κ2) is 8.48. The molecule has 1 aliphatic heterocycles. The molecule has 1 fully saturated rings. The molecule has 0 aromatic rings. The van der Waals surface area contributed by atoms with Crippen LogP contribution >= 0.6 is 16.2 Å². The molecule has 0 amide bonds. The van der Waals surface area contributed by atoms with E-state index in [0.717, 1.165) is 0 Å². The maximum absolute atomic E-state index is 6.38. The van der Waals surface area contributed by atoms with E-state index >= 15 is 0 Å². The zero-order chi connectivity index (χ0) is 16.2. The van der Waals surface area contributed by atoms with Gasteiger partial charge in [0.2, 0.25) is 0 Å². The number of hydrogen-bond acceptors (Lipinski definition) is 4. The molecule has 0 aromatic heterocycles. The molecular formula is C14H30BO4P2. The summed E-state index contributed by atoms with van der Waals surface area (Å²) in [4.78, 5) is 0. The third-order valence-corrected chi connectivity index (χ3v) is 7.15. The van der Waals surface area contributed by atoms with Crippen LogP contribution in [0, 0.1) is 0 Å². The Kier molecular flexibility index (Phi) is 7.94. The topological polar surface area (TPSA) is 36.9 Å². The number of hydrogen-bond donors (Lipinski definition) is 0. The van der Waals surface area contributed by atoms with Crippen molar-refractivity contribution in [3.05, 3.63) is 0 Å². The van der Waals surface area contributed by atoms with Crippen LogP contribution in [0.1, 0.15) is 27.7 Å². The first-order valence-corrected chi connectivity index (χ1v) is 10.5. The quantitative estimate of drug-likeness (QED) is 0.504. The lowest BCUT2D eigenvalue weighted by Gasteiger charge is -2.32. The third-order valence-electron chi connectivity index (χ3n) is 3.86. The summed E-state index contributed by atoms with van der Waals surface area (Å²) in [5.41, 5.74) is 0.403. The molecule has 1 aliphatic rings. The normalized spacial score (nSPS) is 32.6. The molecule has 6 atom stereocenters. The molecule has 3 unspecified atom stereocenters. The summed E-state index contributed by atoms with van der Waals surface area (Å²) in [7, 11) is 2.58. The molecule has 0 N–H and O–H groups in total. The molecule has 0 aliphatic carbocycles. The summed E-state index contributed by atoms with van der Waals surface area (Å²) in [6.45, 7) is 12.9. The van der Waals surface area contributed by atoms with Crippen LogP contribution in [0.5, 0.6) is 0 Å². The predicted octanol–water partition coefficient (Wildman–Crippen LogP) is 2.43. The zero-order valence-corrected chi connectivity index (χ0v) is 16.2. The van der Waals surface area contributed by atoms with Crippen LogP contribution in [0.4, 0.5) is 0 Å². The monoisotopic (exact) mass is 335 g/mol. The van der Waals surface area contributed by atoms with E-state index in [2.05, 4.69) is 35.9 Å². The molecule has 7 heteroatoms. The van der Waals surface area contributed by atoms with Crippen LogP contribution < -0.4 is 0 Å². The van der Waals surface area contributed by atoms with Gasteiger partial charge in [-0.05, 0) is 26.2 Å². The number of methoxy groups -OCH3 is 1. The van der Waals surface area contributed by atoms with Crippen molar-refractivity contribution in [1.82, 2.24) is 0 Å². The first-order chi connectivity index (χ1) is 9.72. The van der Waals surface area contributed by atoms with Crippen molar-refractivity contribution in [2.75, 3.05) is 20.4 Å². The lowest BCUT2D eigenvalue weighted by atomic mass is 9.91. The van der Waals surface area contributed by atoms with Crippen LogP contribution in [0.25, 0.3) is 0 Å². The van der Waals surface area contributed by atoms with E-state index in [1.807, 2.05) is 20.8 Å². The van der Waals surface area contributed by atoms with E-state index in [0.29, 0.717) is 12.3 Å². The molecular weight excluding hydrogens is 305 g/mol. The van der Waals surface area contributed by atoms with Crippen LogP contribution in [-0.4, -0.2) is 69.8 Å². The average Bonchev–Trinajstić information content (AvgIpc) is 2.72. The van der Waals surface area contributed by atoms with E-state index < -0.39 is 7.11 Å². The standard InChI is InChI=1S/C14H30BO4P2/c1-9(2)17-8-11-12(19-21(6,7)10(3)4)13(16-5)14(15-20)18-11/h9-14H,6,8,20H2,1-5,7H3/t11-,12+,13?,14-,21?/m1/s1. The Balaban J connectivity index is 2.86. The van der Waals surface area contributed by atoms with Crippen LogP contribution in [-0.2, 0) is 18.7 Å². The molecule has 0 aromatic carbocycles. The lowest BCUT2D eigenvalue weighted by Crippen LogP contribution is -2.39. The Labute approximate surface area is 133 Å². The number of ether oxygens (including phenoxy) is 3. The minimum atomic E-state index is -1.72. The summed E-state index contributed by atoms with van der Waals surface area (Å²) in [5, 5.41) is 0. The van der Waals surface area contributed by atoms with Gasteiger partial charge in [0, 0.05) is 14.2 Å². The minimum Gasteiger partial charge on any atom is -0.377 e. The van der Waals surface area contributed by atoms with Gasteiger partial charge in [0.1, 0.15) is 18.3 Å². The smallest absolute Gasteiger partial charge is 0.180 e. The molecule has 0 saturated carbocycles. The van der Waals surface area contributed by atoms with Gasteiger partial charge in [0.05, 0.1) is 18.7 Å². The van der Waals surface area contributed by atoms with Gasteiger partial charge in [-0.25, -0.2) is 0 Å². The van der Waals surface area contributed by atoms with Gasteiger partial charge in [-0.15, -0.1) is 0 Å². The molecule has 1 rings (SSSR count). The Hall–Kier alpha value is 0.635. The SMILES string of the molecule is C=P(C)(O[C@@H]1C(OC)[C@H]([B]P)O[C@@H]1COC(C)C)C(C)C. The predicted molar refractivity (Wildman–Crippen MR) is 96.0 cm³/mol. The Morgan fingerprint density at radius 1 is 1.29 bits per heavy atom. The van der Waals surface area contributed by atoms with E-state index in [1.54, 1.807) is 7.11 Å². The summed E-state index contributed by atoms with van der Waals surface area (Å²) in [6, 6.07) is -0.0991. The van der Waals surface area contributed by atoms with Gasteiger partial charge in [-0.2, -0.15) is 9.12 Å². The van der Waals surface area contributed by atoms with E-state index in [4.69, 9.17) is 18.7 Å².